The van der Waals surface area contributed by atoms with Crippen LogP contribution in [0.1, 0.15) is 51.5 Å². The maximum absolute atomic E-state index is 12.2. The summed E-state index contributed by atoms with van der Waals surface area (Å²) in [6.07, 6.45) is 8.63. The number of amides is 1. The van der Waals surface area contributed by atoms with Crippen LogP contribution >= 0.6 is 0 Å². The van der Waals surface area contributed by atoms with Gasteiger partial charge in [-0.2, -0.15) is 0 Å². The van der Waals surface area contributed by atoms with E-state index < -0.39 is 0 Å². The molecule has 160 valence electrons. The summed E-state index contributed by atoms with van der Waals surface area (Å²) in [5, 5.41) is 3.10. The Morgan fingerprint density at radius 3 is 2.45 bits per heavy atom. The van der Waals surface area contributed by atoms with Crippen molar-refractivity contribution in [3.63, 3.8) is 0 Å². The summed E-state index contributed by atoms with van der Waals surface area (Å²) in [4.78, 5) is 17.0. The Hall–Kier alpha value is -1.85. The molecular formula is C24H37N3O2. The van der Waals surface area contributed by atoms with Crippen molar-refractivity contribution in [3.05, 3.63) is 41.5 Å². The van der Waals surface area contributed by atoms with Gasteiger partial charge in [-0.3, -0.25) is 14.6 Å². The van der Waals surface area contributed by atoms with Gasteiger partial charge in [0.05, 0.1) is 12.6 Å². The Kier molecular flexibility index (Phi) is 8.56. The van der Waals surface area contributed by atoms with Gasteiger partial charge in [-0.1, -0.05) is 23.8 Å². The molecule has 1 amide bonds. The van der Waals surface area contributed by atoms with Crippen LogP contribution in [0.2, 0.25) is 0 Å². The van der Waals surface area contributed by atoms with Crippen molar-refractivity contribution < 1.29 is 9.53 Å². The molecule has 0 spiro atoms. The zero-order chi connectivity index (χ0) is 20.5. The van der Waals surface area contributed by atoms with Crippen LogP contribution in [0.5, 0.6) is 5.75 Å². The molecule has 1 heterocycles. The largest absolute Gasteiger partial charge is 0.491 e. The lowest BCUT2D eigenvalue weighted by atomic mass is 9.97. The molecule has 1 N–H and O–H groups in total. The molecule has 1 aliphatic heterocycles. The molecule has 3 rings (SSSR count). The first-order chi connectivity index (χ1) is 14.1. The Morgan fingerprint density at radius 2 is 1.79 bits per heavy atom. The van der Waals surface area contributed by atoms with Crippen molar-refractivity contribution in [2.45, 2.75) is 58.6 Å². The van der Waals surface area contributed by atoms with Crippen molar-refractivity contribution in [1.82, 2.24) is 15.1 Å². The number of carbonyl (C=O) groups is 1. The van der Waals surface area contributed by atoms with E-state index in [1.165, 1.54) is 36.8 Å². The van der Waals surface area contributed by atoms with E-state index in [-0.39, 0.29) is 12.0 Å². The van der Waals surface area contributed by atoms with Crippen molar-refractivity contribution in [2.24, 2.45) is 0 Å². The molecule has 1 aliphatic carbocycles. The lowest BCUT2D eigenvalue weighted by Crippen LogP contribution is -2.49. The van der Waals surface area contributed by atoms with Gasteiger partial charge in [0, 0.05) is 39.3 Å². The Bertz CT molecular complexity index is 661. The molecule has 0 unspecified atom stereocenters. The molecule has 1 fully saturated rings. The second-order valence-corrected chi connectivity index (χ2v) is 8.57. The van der Waals surface area contributed by atoms with E-state index in [1.54, 1.807) is 0 Å². The fraction of sp³-hybridized carbons (Fsp3) is 0.625. The highest BCUT2D eigenvalue weighted by atomic mass is 16.5. The Labute approximate surface area is 176 Å². The molecule has 1 aromatic carbocycles. The first-order valence-corrected chi connectivity index (χ1v) is 11.2. The molecule has 2 aliphatic rings. The third kappa shape index (κ3) is 7.82. The summed E-state index contributed by atoms with van der Waals surface area (Å²) in [7, 11) is 0. The van der Waals surface area contributed by atoms with Crippen LogP contribution in [0.15, 0.2) is 35.9 Å². The monoisotopic (exact) mass is 399 g/mol. The lowest BCUT2D eigenvalue weighted by molar-refractivity contribution is -0.122. The zero-order valence-electron chi connectivity index (χ0n) is 18.2. The third-order valence-corrected chi connectivity index (χ3v) is 5.69. The minimum absolute atomic E-state index is 0.163. The van der Waals surface area contributed by atoms with Crippen molar-refractivity contribution in [2.75, 3.05) is 39.3 Å². The quantitative estimate of drug-likeness (QED) is 0.645. The van der Waals surface area contributed by atoms with Crippen LogP contribution in [0.25, 0.3) is 0 Å². The van der Waals surface area contributed by atoms with Crippen molar-refractivity contribution >= 4 is 5.91 Å². The fourth-order valence-corrected chi connectivity index (χ4v) is 4.06. The Balaban J connectivity index is 1.31. The molecule has 0 saturated carbocycles. The number of benzene rings is 1. The fourth-order valence-electron chi connectivity index (χ4n) is 4.06. The predicted molar refractivity (Wildman–Crippen MR) is 118 cm³/mol. The van der Waals surface area contributed by atoms with Crippen LogP contribution in [0, 0.1) is 0 Å². The molecule has 1 saturated heterocycles. The van der Waals surface area contributed by atoms with Crippen LogP contribution in [-0.2, 0) is 11.3 Å². The molecule has 0 bridgehead atoms. The molecule has 29 heavy (non-hydrogen) atoms. The first-order valence-electron chi connectivity index (χ1n) is 11.2. The van der Waals surface area contributed by atoms with Gasteiger partial charge in [-0.15, -0.1) is 0 Å². The minimum Gasteiger partial charge on any atom is -0.491 e. The van der Waals surface area contributed by atoms with E-state index in [4.69, 9.17) is 4.74 Å². The lowest BCUT2D eigenvalue weighted by Gasteiger charge is -2.34. The summed E-state index contributed by atoms with van der Waals surface area (Å²) in [5.74, 6) is 1.09. The molecule has 0 radical (unpaired) electrons. The van der Waals surface area contributed by atoms with Crippen LogP contribution in [0.4, 0.5) is 0 Å². The van der Waals surface area contributed by atoms with Gasteiger partial charge in [-0.05, 0) is 63.6 Å². The van der Waals surface area contributed by atoms with Crippen LogP contribution < -0.4 is 10.1 Å². The second kappa shape index (κ2) is 11.4. The number of allylic oxidation sites excluding steroid dienone is 1. The van der Waals surface area contributed by atoms with E-state index in [2.05, 4.69) is 45.5 Å². The smallest absolute Gasteiger partial charge is 0.234 e. The van der Waals surface area contributed by atoms with Gasteiger partial charge in [0.25, 0.3) is 0 Å². The van der Waals surface area contributed by atoms with Gasteiger partial charge >= 0.3 is 0 Å². The van der Waals surface area contributed by atoms with Gasteiger partial charge in [0.2, 0.25) is 5.91 Å². The average Bonchev–Trinajstić information content (AvgIpc) is 2.71. The van der Waals surface area contributed by atoms with E-state index in [0.717, 1.165) is 51.4 Å². The average molecular weight is 400 g/mol. The van der Waals surface area contributed by atoms with E-state index in [9.17, 15) is 4.79 Å². The van der Waals surface area contributed by atoms with Crippen molar-refractivity contribution in [1.29, 1.82) is 0 Å². The van der Waals surface area contributed by atoms with Crippen LogP contribution in [-0.4, -0.2) is 61.1 Å². The normalized spacial score (nSPS) is 18.5. The maximum atomic E-state index is 12.2. The highest BCUT2D eigenvalue weighted by Crippen LogP contribution is 2.19. The van der Waals surface area contributed by atoms with E-state index in [1.807, 2.05) is 13.8 Å². The highest BCUT2D eigenvalue weighted by Gasteiger charge is 2.19. The van der Waals surface area contributed by atoms with Crippen LogP contribution in [0.3, 0.4) is 0 Å². The number of piperazine rings is 1. The summed E-state index contributed by atoms with van der Waals surface area (Å²) < 4.78 is 5.71. The maximum Gasteiger partial charge on any atom is 0.234 e. The number of nitrogens with one attached hydrogen (secondary N) is 1. The molecule has 0 aromatic heterocycles. The Morgan fingerprint density at radius 1 is 1.07 bits per heavy atom. The van der Waals surface area contributed by atoms with Gasteiger partial charge < -0.3 is 10.1 Å². The second-order valence-electron chi connectivity index (χ2n) is 8.57. The topological polar surface area (TPSA) is 44.8 Å². The number of ether oxygens (including phenoxy) is 1. The standard InChI is InChI=1S/C24H37N3O2/c1-20(2)29-23-10-8-22(9-11-23)18-26-14-16-27(17-15-26)19-24(28)25-13-12-21-6-4-3-5-7-21/h6,8-11,20H,3-5,7,12-19H2,1-2H3,(H,25,28). The van der Waals surface area contributed by atoms with E-state index in [0.29, 0.717) is 6.54 Å². The molecule has 5 nitrogen and oxygen atoms in total. The summed E-state index contributed by atoms with van der Waals surface area (Å²) >= 11 is 0. The zero-order valence-corrected chi connectivity index (χ0v) is 18.2. The van der Waals surface area contributed by atoms with Gasteiger partial charge in [0.1, 0.15) is 5.75 Å². The molecule has 5 heteroatoms. The number of rotatable bonds is 9. The summed E-state index contributed by atoms with van der Waals surface area (Å²) in [6.45, 7) is 10.3. The predicted octanol–water partition coefficient (Wildman–Crippen LogP) is 3.60. The molecule has 1 aromatic rings. The van der Waals surface area contributed by atoms with Crippen molar-refractivity contribution in [3.8, 4) is 5.75 Å². The first kappa shape index (κ1) is 21.8. The molecular weight excluding hydrogens is 362 g/mol. The molecule has 0 atom stereocenters. The minimum atomic E-state index is 0.163. The van der Waals surface area contributed by atoms with Gasteiger partial charge in [-0.25, -0.2) is 0 Å². The summed E-state index contributed by atoms with van der Waals surface area (Å²) in [6, 6.07) is 8.41. The van der Waals surface area contributed by atoms with Gasteiger partial charge in [0.15, 0.2) is 0 Å². The number of hydrogen-bond donors (Lipinski definition) is 1. The summed E-state index contributed by atoms with van der Waals surface area (Å²) in [5.41, 5.74) is 2.83. The number of nitrogens with zero attached hydrogens (tertiary/aromatic N) is 2. The van der Waals surface area contributed by atoms with E-state index >= 15 is 0 Å². The highest BCUT2D eigenvalue weighted by molar-refractivity contribution is 5.78. The number of hydrogen-bond acceptors (Lipinski definition) is 4. The number of carbonyl (C=O) groups excluding carboxylic acids is 1. The third-order valence-electron chi connectivity index (χ3n) is 5.69. The SMILES string of the molecule is CC(C)Oc1ccc(CN2CCN(CC(=O)NCCC3=CCCCC3)CC2)cc1.